The van der Waals surface area contributed by atoms with Gasteiger partial charge in [-0.25, -0.2) is 4.39 Å². The van der Waals surface area contributed by atoms with Crippen LogP contribution in [0, 0.1) is 5.82 Å². The first-order valence-corrected chi connectivity index (χ1v) is 7.85. The van der Waals surface area contributed by atoms with Crippen molar-refractivity contribution in [1.82, 2.24) is 15.5 Å². The fraction of sp³-hybridized carbons (Fsp3) is 0.353. The van der Waals surface area contributed by atoms with Crippen LogP contribution < -0.4 is 15.0 Å². The molecule has 3 rings (SSSR count). The third kappa shape index (κ3) is 3.45. The summed E-state index contributed by atoms with van der Waals surface area (Å²) in [5, 5.41) is 10.8. The summed E-state index contributed by atoms with van der Waals surface area (Å²) in [5.41, 5.74) is 0.0137. The van der Waals surface area contributed by atoms with Gasteiger partial charge < -0.3 is 15.0 Å². The van der Waals surface area contributed by atoms with Crippen molar-refractivity contribution in [3.63, 3.8) is 0 Å². The molecule has 1 fully saturated rings. The minimum absolute atomic E-state index is 0.0137. The SMILES string of the molecule is COc1ccc(C(=O)NC[C@@H]2CCCN2c2cccnn2)c(F)c1. The minimum atomic E-state index is -0.593. The van der Waals surface area contributed by atoms with Crippen molar-refractivity contribution in [2.75, 3.05) is 25.1 Å². The highest BCUT2D eigenvalue weighted by atomic mass is 19.1. The maximum atomic E-state index is 14.0. The van der Waals surface area contributed by atoms with E-state index in [0.717, 1.165) is 25.2 Å². The van der Waals surface area contributed by atoms with Crippen molar-refractivity contribution in [2.24, 2.45) is 0 Å². The number of anilines is 1. The molecule has 0 saturated carbocycles. The van der Waals surface area contributed by atoms with E-state index in [4.69, 9.17) is 4.74 Å². The molecule has 1 aliphatic heterocycles. The molecular weight excluding hydrogens is 311 g/mol. The normalized spacial score (nSPS) is 16.9. The molecule has 0 radical (unpaired) electrons. The molecule has 0 aliphatic carbocycles. The van der Waals surface area contributed by atoms with Crippen LogP contribution in [0.5, 0.6) is 5.75 Å². The van der Waals surface area contributed by atoms with Crippen LogP contribution in [-0.4, -0.2) is 42.3 Å². The standard InChI is InChI=1S/C17H19FN4O2/c1-24-13-6-7-14(15(18)10-13)17(23)19-11-12-4-3-9-22(12)16-5-2-8-20-21-16/h2,5-8,10,12H,3-4,9,11H2,1H3,(H,19,23)/t12-/m0/s1. The Morgan fingerprint density at radius 1 is 1.46 bits per heavy atom. The van der Waals surface area contributed by atoms with Crippen molar-refractivity contribution in [1.29, 1.82) is 0 Å². The predicted octanol–water partition coefficient (Wildman–Crippen LogP) is 2.02. The van der Waals surface area contributed by atoms with E-state index in [9.17, 15) is 9.18 Å². The molecule has 0 unspecified atom stereocenters. The monoisotopic (exact) mass is 330 g/mol. The quantitative estimate of drug-likeness (QED) is 0.908. The highest BCUT2D eigenvalue weighted by Crippen LogP contribution is 2.22. The van der Waals surface area contributed by atoms with Gasteiger partial charge in [-0.05, 0) is 37.1 Å². The molecule has 2 aromatic rings. The Bertz CT molecular complexity index is 711. The van der Waals surface area contributed by atoms with Gasteiger partial charge in [0.15, 0.2) is 5.82 Å². The van der Waals surface area contributed by atoms with Crippen LogP contribution >= 0.6 is 0 Å². The molecule has 1 N–H and O–H groups in total. The molecule has 1 aromatic heterocycles. The van der Waals surface area contributed by atoms with Crippen LogP contribution in [0.15, 0.2) is 36.5 Å². The van der Waals surface area contributed by atoms with Gasteiger partial charge in [-0.1, -0.05) is 0 Å². The number of ether oxygens (including phenoxy) is 1. The van der Waals surface area contributed by atoms with Crippen molar-refractivity contribution < 1.29 is 13.9 Å². The minimum Gasteiger partial charge on any atom is -0.497 e. The Hall–Kier alpha value is -2.70. The number of carbonyl (C=O) groups excluding carboxylic acids is 1. The summed E-state index contributed by atoms with van der Waals surface area (Å²) in [5.74, 6) is 0.156. The van der Waals surface area contributed by atoms with Crippen LogP contribution in [0.2, 0.25) is 0 Å². The van der Waals surface area contributed by atoms with Gasteiger partial charge in [0.05, 0.1) is 12.7 Å². The molecule has 1 saturated heterocycles. The smallest absolute Gasteiger partial charge is 0.254 e. The second-order valence-corrected chi connectivity index (χ2v) is 5.63. The maximum absolute atomic E-state index is 14.0. The first-order chi connectivity index (χ1) is 11.7. The zero-order valence-corrected chi connectivity index (χ0v) is 13.4. The number of carbonyl (C=O) groups is 1. The summed E-state index contributed by atoms with van der Waals surface area (Å²) in [6.07, 6.45) is 3.60. The lowest BCUT2D eigenvalue weighted by molar-refractivity contribution is 0.0947. The first kappa shape index (κ1) is 16.2. The highest BCUT2D eigenvalue weighted by molar-refractivity contribution is 5.94. The molecular formula is C17H19FN4O2. The lowest BCUT2D eigenvalue weighted by Gasteiger charge is -2.25. The second-order valence-electron chi connectivity index (χ2n) is 5.63. The zero-order chi connectivity index (χ0) is 16.9. The van der Waals surface area contributed by atoms with E-state index in [-0.39, 0.29) is 11.6 Å². The van der Waals surface area contributed by atoms with Crippen LogP contribution in [0.3, 0.4) is 0 Å². The van der Waals surface area contributed by atoms with Gasteiger partial charge in [0.1, 0.15) is 11.6 Å². The van der Waals surface area contributed by atoms with E-state index in [0.29, 0.717) is 12.3 Å². The van der Waals surface area contributed by atoms with Gasteiger partial charge in [-0.15, -0.1) is 5.10 Å². The number of nitrogens with one attached hydrogen (secondary N) is 1. The lowest BCUT2D eigenvalue weighted by Crippen LogP contribution is -2.40. The Balaban J connectivity index is 1.63. The number of rotatable bonds is 5. The molecule has 24 heavy (non-hydrogen) atoms. The van der Waals surface area contributed by atoms with Crippen molar-refractivity contribution in [3.8, 4) is 5.75 Å². The topological polar surface area (TPSA) is 67.3 Å². The highest BCUT2D eigenvalue weighted by Gasteiger charge is 2.26. The molecule has 7 heteroatoms. The molecule has 126 valence electrons. The molecule has 2 heterocycles. The average molecular weight is 330 g/mol. The van der Waals surface area contributed by atoms with Crippen LogP contribution in [-0.2, 0) is 0 Å². The van der Waals surface area contributed by atoms with Gasteiger partial charge in [0.25, 0.3) is 5.91 Å². The van der Waals surface area contributed by atoms with Gasteiger partial charge in [0.2, 0.25) is 0 Å². The van der Waals surface area contributed by atoms with Crippen molar-refractivity contribution >= 4 is 11.7 Å². The summed E-state index contributed by atoms with van der Waals surface area (Å²) < 4.78 is 18.9. The summed E-state index contributed by atoms with van der Waals surface area (Å²) in [4.78, 5) is 14.3. The molecule has 1 aromatic carbocycles. The summed E-state index contributed by atoms with van der Waals surface area (Å²) in [7, 11) is 1.45. The van der Waals surface area contributed by atoms with E-state index in [1.165, 1.54) is 19.2 Å². The fourth-order valence-corrected chi connectivity index (χ4v) is 2.91. The number of aromatic nitrogens is 2. The largest absolute Gasteiger partial charge is 0.497 e. The summed E-state index contributed by atoms with van der Waals surface area (Å²) >= 11 is 0. The predicted molar refractivity (Wildman–Crippen MR) is 87.7 cm³/mol. The van der Waals surface area contributed by atoms with Crippen molar-refractivity contribution in [3.05, 3.63) is 47.9 Å². The number of halogens is 1. The van der Waals surface area contributed by atoms with Gasteiger partial charge in [0, 0.05) is 31.4 Å². The Labute approximate surface area is 139 Å². The number of methoxy groups -OCH3 is 1. The number of amides is 1. The van der Waals surface area contributed by atoms with Crippen molar-refractivity contribution in [2.45, 2.75) is 18.9 Å². The molecule has 1 aliphatic rings. The van der Waals surface area contributed by atoms with Gasteiger partial charge in [-0.3, -0.25) is 4.79 Å². The summed E-state index contributed by atoms with van der Waals surface area (Å²) in [6.45, 7) is 1.30. The van der Waals surface area contributed by atoms with Crippen LogP contribution in [0.1, 0.15) is 23.2 Å². The number of benzene rings is 1. The lowest BCUT2D eigenvalue weighted by atomic mass is 10.1. The number of hydrogen-bond donors (Lipinski definition) is 1. The van der Waals surface area contributed by atoms with Crippen LogP contribution in [0.4, 0.5) is 10.2 Å². The number of nitrogens with zero attached hydrogens (tertiary/aromatic N) is 3. The zero-order valence-electron chi connectivity index (χ0n) is 13.4. The van der Waals surface area contributed by atoms with E-state index in [1.807, 2.05) is 12.1 Å². The molecule has 6 nitrogen and oxygen atoms in total. The Morgan fingerprint density at radius 3 is 3.04 bits per heavy atom. The number of hydrogen-bond acceptors (Lipinski definition) is 5. The summed E-state index contributed by atoms with van der Waals surface area (Å²) in [6, 6.07) is 8.07. The Kier molecular flexibility index (Phi) is 4.88. The van der Waals surface area contributed by atoms with E-state index < -0.39 is 11.7 Å². The van der Waals surface area contributed by atoms with E-state index in [1.54, 1.807) is 12.3 Å². The molecule has 1 amide bonds. The van der Waals surface area contributed by atoms with E-state index >= 15 is 0 Å². The van der Waals surface area contributed by atoms with E-state index in [2.05, 4.69) is 20.4 Å². The molecule has 0 spiro atoms. The second kappa shape index (κ2) is 7.25. The van der Waals surface area contributed by atoms with Gasteiger partial charge >= 0.3 is 0 Å². The maximum Gasteiger partial charge on any atom is 0.254 e. The Morgan fingerprint density at radius 2 is 2.33 bits per heavy atom. The van der Waals surface area contributed by atoms with Gasteiger partial charge in [-0.2, -0.15) is 5.10 Å². The molecule has 1 atom stereocenters. The van der Waals surface area contributed by atoms with Crippen LogP contribution in [0.25, 0.3) is 0 Å². The molecule has 0 bridgehead atoms. The fourth-order valence-electron chi connectivity index (χ4n) is 2.91. The third-order valence-electron chi connectivity index (χ3n) is 4.15. The average Bonchev–Trinajstić information content (AvgIpc) is 3.09. The first-order valence-electron chi connectivity index (χ1n) is 7.85. The third-order valence-corrected chi connectivity index (χ3v) is 4.15.